The maximum Gasteiger partial charge on any atom is 0.233 e. The monoisotopic (exact) mass is 454 g/mol. The van der Waals surface area contributed by atoms with E-state index < -0.39 is 0 Å². The molecule has 2 atom stereocenters. The Hall–Kier alpha value is -2.31. The Morgan fingerprint density at radius 1 is 1.03 bits per heavy atom. The first-order valence-electron chi connectivity index (χ1n) is 10.7. The van der Waals surface area contributed by atoms with Crippen molar-refractivity contribution in [2.75, 3.05) is 5.75 Å². The molecular weight excluding hydrogens is 428 g/mol. The van der Waals surface area contributed by atoms with E-state index in [2.05, 4.69) is 40.7 Å². The number of piperidine rings is 1. The van der Waals surface area contributed by atoms with Crippen molar-refractivity contribution >= 4 is 29.3 Å². The average Bonchev–Trinajstić information content (AvgIpc) is 3.15. The zero-order valence-electron chi connectivity index (χ0n) is 17.9. The molecule has 1 aliphatic rings. The molecule has 1 amide bonds. The Morgan fingerprint density at radius 3 is 2.42 bits per heavy atom. The van der Waals surface area contributed by atoms with E-state index in [4.69, 9.17) is 11.6 Å². The van der Waals surface area contributed by atoms with Crippen molar-refractivity contribution in [3.8, 4) is 11.4 Å². The number of carbonyl (C=O) groups excluding carboxylic acids is 1. The van der Waals surface area contributed by atoms with Gasteiger partial charge in [0.2, 0.25) is 5.91 Å². The molecule has 0 radical (unpaired) electrons. The molecule has 1 fully saturated rings. The van der Waals surface area contributed by atoms with Crippen LogP contribution in [-0.4, -0.2) is 43.4 Å². The molecule has 162 valence electrons. The van der Waals surface area contributed by atoms with Gasteiger partial charge in [-0.1, -0.05) is 65.8 Å². The third kappa shape index (κ3) is 4.96. The summed E-state index contributed by atoms with van der Waals surface area (Å²) in [7, 11) is 0. The predicted octanol–water partition coefficient (Wildman–Crippen LogP) is 5.53. The fourth-order valence-corrected chi connectivity index (χ4v) is 5.29. The average molecular weight is 455 g/mol. The van der Waals surface area contributed by atoms with Crippen molar-refractivity contribution < 1.29 is 4.79 Å². The third-order valence-electron chi connectivity index (χ3n) is 5.82. The summed E-state index contributed by atoms with van der Waals surface area (Å²) in [6.07, 6.45) is 3.33. The molecule has 0 unspecified atom stereocenters. The maximum atomic E-state index is 13.0. The van der Waals surface area contributed by atoms with E-state index in [-0.39, 0.29) is 18.0 Å². The number of hydrogen-bond donors (Lipinski definition) is 0. The van der Waals surface area contributed by atoms with Crippen LogP contribution in [0.5, 0.6) is 0 Å². The molecule has 1 saturated heterocycles. The van der Waals surface area contributed by atoms with Gasteiger partial charge in [-0.3, -0.25) is 9.36 Å². The van der Waals surface area contributed by atoms with Gasteiger partial charge in [0.15, 0.2) is 11.0 Å². The zero-order valence-corrected chi connectivity index (χ0v) is 19.4. The van der Waals surface area contributed by atoms with Gasteiger partial charge in [0.05, 0.1) is 17.3 Å². The van der Waals surface area contributed by atoms with Crippen molar-refractivity contribution in [2.45, 2.75) is 56.9 Å². The fourth-order valence-electron chi connectivity index (χ4n) is 4.26. The SMILES string of the molecule is C[C@H]1CCC[C@H](C)N1C(=O)CSc1nnc(-c2ccccc2Cl)n1Cc1ccccc1. The lowest BCUT2D eigenvalue weighted by atomic mass is 9.98. The number of amides is 1. The van der Waals surface area contributed by atoms with Gasteiger partial charge in [-0.05, 0) is 50.8 Å². The number of benzene rings is 2. The lowest BCUT2D eigenvalue weighted by Crippen LogP contribution is -2.48. The highest BCUT2D eigenvalue weighted by Gasteiger charge is 2.29. The molecule has 3 aromatic rings. The zero-order chi connectivity index (χ0) is 21.8. The first kappa shape index (κ1) is 21.9. The van der Waals surface area contributed by atoms with Crippen molar-refractivity contribution in [3.63, 3.8) is 0 Å². The molecule has 0 N–H and O–H groups in total. The van der Waals surface area contributed by atoms with Gasteiger partial charge in [-0.15, -0.1) is 10.2 Å². The standard InChI is InChI=1S/C24H27ClN4OS/c1-17-9-8-10-18(2)29(17)22(30)16-31-24-27-26-23(20-13-6-7-14-21(20)25)28(24)15-19-11-4-3-5-12-19/h3-7,11-14,17-18H,8-10,15-16H2,1-2H3/t17-,18-/m0/s1. The smallest absolute Gasteiger partial charge is 0.233 e. The van der Waals surface area contributed by atoms with Gasteiger partial charge >= 0.3 is 0 Å². The van der Waals surface area contributed by atoms with Gasteiger partial charge in [-0.2, -0.15) is 0 Å². The summed E-state index contributed by atoms with van der Waals surface area (Å²) in [6.45, 7) is 4.90. The maximum absolute atomic E-state index is 13.0. The molecule has 1 aliphatic heterocycles. The van der Waals surface area contributed by atoms with Crippen LogP contribution in [-0.2, 0) is 11.3 Å². The van der Waals surface area contributed by atoms with Gasteiger partial charge in [0, 0.05) is 17.6 Å². The van der Waals surface area contributed by atoms with Crippen LogP contribution < -0.4 is 0 Å². The second-order valence-corrected chi connectivity index (χ2v) is 9.43. The van der Waals surface area contributed by atoms with E-state index in [0.717, 1.165) is 29.1 Å². The highest BCUT2D eigenvalue weighted by Crippen LogP contribution is 2.31. The largest absolute Gasteiger partial charge is 0.337 e. The highest BCUT2D eigenvalue weighted by atomic mass is 35.5. The molecule has 5 nitrogen and oxygen atoms in total. The van der Waals surface area contributed by atoms with Crippen LogP contribution in [0.3, 0.4) is 0 Å². The second-order valence-electron chi connectivity index (χ2n) is 8.08. The summed E-state index contributed by atoms with van der Waals surface area (Å²) in [5.41, 5.74) is 1.98. The van der Waals surface area contributed by atoms with E-state index in [9.17, 15) is 4.79 Å². The minimum atomic E-state index is 0.165. The summed E-state index contributed by atoms with van der Waals surface area (Å²) in [4.78, 5) is 15.1. The van der Waals surface area contributed by atoms with Crippen molar-refractivity contribution in [1.29, 1.82) is 0 Å². The molecule has 4 rings (SSSR count). The minimum absolute atomic E-state index is 0.165. The van der Waals surface area contributed by atoms with E-state index in [0.29, 0.717) is 23.1 Å². The Bertz CT molecular complexity index is 1030. The molecule has 1 aromatic heterocycles. The second kappa shape index (κ2) is 9.88. The topological polar surface area (TPSA) is 51.0 Å². The number of halogens is 1. The normalized spacial score (nSPS) is 18.9. The molecule has 0 bridgehead atoms. The Labute approximate surface area is 192 Å². The summed E-state index contributed by atoms with van der Waals surface area (Å²) >= 11 is 7.90. The molecule has 2 aromatic carbocycles. The van der Waals surface area contributed by atoms with E-state index in [1.807, 2.05) is 47.4 Å². The number of hydrogen-bond acceptors (Lipinski definition) is 4. The lowest BCUT2D eigenvalue weighted by molar-refractivity contribution is -0.134. The van der Waals surface area contributed by atoms with Crippen LogP contribution in [0.4, 0.5) is 0 Å². The predicted molar refractivity (Wildman–Crippen MR) is 126 cm³/mol. The molecule has 31 heavy (non-hydrogen) atoms. The highest BCUT2D eigenvalue weighted by molar-refractivity contribution is 7.99. The Morgan fingerprint density at radius 2 is 1.71 bits per heavy atom. The number of carbonyl (C=O) groups is 1. The van der Waals surface area contributed by atoms with Gasteiger partial charge in [-0.25, -0.2) is 0 Å². The van der Waals surface area contributed by atoms with Gasteiger partial charge in [0.1, 0.15) is 0 Å². The number of aromatic nitrogens is 3. The number of nitrogens with zero attached hydrogens (tertiary/aromatic N) is 4. The first-order chi connectivity index (χ1) is 15.0. The summed E-state index contributed by atoms with van der Waals surface area (Å²) in [6, 6.07) is 18.4. The molecule has 0 aliphatic carbocycles. The van der Waals surface area contributed by atoms with Gasteiger partial charge < -0.3 is 4.90 Å². The summed E-state index contributed by atoms with van der Waals surface area (Å²) in [5.74, 6) is 1.23. The molecule has 2 heterocycles. The van der Waals surface area contributed by atoms with Crippen molar-refractivity contribution in [1.82, 2.24) is 19.7 Å². The Balaban J connectivity index is 1.60. The van der Waals surface area contributed by atoms with E-state index in [1.165, 1.54) is 18.2 Å². The van der Waals surface area contributed by atoms with Crippen LogP contribution in [0.25, 0.3) is 11.4 Å². The van der Waals surface area contributed by atoms with Crippen molar-refractivity contribution in [3.05, 3.63) is 65.2 Å². The molecule has 7 heteroatoms. The van der Waals surface area contributed by atoms with Crippen LogP contribution in [0.2, 0.25) is 5.02 Å². The number of likely N-dealkylation sites (tertiary alicyclic amines) is 1. The fraction of sp³-hybridized carbons (Fsp3) is 0.375. The van der Waals surface area contributed by atoms with Crippen LogP contribution in [0, 0.1) is 0 Å². The third-order valence-corrected chi connectivity index (χ3v) is 7.10. The minimum Gasteiger partial charge on any atom is -0.337 e. The first-order valence-corrected chi connectivity index (χ1v) is 12.1. The molecule has 0 spiro atoms. The van der Waals surface area contributed by atoms with Crippen LogP contribution >= 0.6 is 23.4 Å². The van der Waals surface area contributed by atoms with Crippen LogP contribution in [0.1, 0.15) is 38.7 Å². The van der Waals surface area contributed by atoms with Gasteiger partial charge in [0.25, 0.3) is 0 Å². The quantitative estimate of drug-likeness (QED) is 0.459. The number of thioether (sulfide) groups is 1. The lowest BCUT2D eigenvalue weighted by Gasteiger charge is -2.39. The summed E-state index contributed by atoms with van der Waals surface area (Å²) in [5, 5.41) is 10.2. The Kier molecular flexibility index (Phi) is 6.98. The molecular formula is C24H27ClN4OS. The molecule has 0 saturated carbocycles. The van der Waals surface area contributed by atoms with E-state index >= 15 is 0 Å². The van der Waals surface area contributed by atoms with Crippen LogP contribution in [0.15, 0.2) is 59.8 Å². The number of rotatable bonds is 6. The van der Waals surface area contributed by atoms with Crippen molar-refractivity contribution in [2.24, 2.45) is 0 Å². The van der Waals surface area contributed by atoms with E-state index in [1.54, 1.807) is 0 Å². The summed E-state index contributed by atoms with van der Waals surface area (Å²) < 4.78 is 2.05.